The predicted octanol–water partition coefficient (Wildman–Crippen LogP) is 6.77. The van der Waals surface area contributed by atoms with Crippen molar-refractivity contribution in [3.63, 3.8) is 0 Å². The lowest BCUT2D eigenvalue weighted by molar-refractivity contribution is 0.464. The zero-order chi connectivity index (χ0) is 20.1. The van der Waals surface area contributed by atoms with Gasteiger partial charge >= 0.3 is 0 Å². The second kappa shape index (κ2) is 6.94. The van der Waals surface area contributed by atoms with Crippen LogP contribution in [0.5, 0.6) is 11.5 Å². The van der Waals surface area contributed by atoms with Gasteiger partial charge in [-0.15, -0.1) is 0 Å². The van der Waals surface area contributed by atoms with E-state index in [4.69, 9.17) is 20.9 Å². The summed E-state index contributed by atoms with van der Waals surface area (Å²) in [5, 5.41) is 0. The van der Waals surface area contributed by atoms with Crippen molar-refractivity contribution in [2.45, 2.75) is 72.6 Å². The van der Waals surface area contributed by atoms with Crippen LogP contribution in [-0.4, -0.2) is 0 Å². The van der Waals surface area contributed by atoms with E-state index in [-0.39, 0.29) is 10.8 Å². The van der Waals surface area contributed by atoms with Gasteiger partial charge in [0.15, 0.2) is 0 Å². The molecule has 4 heteroatoms. The first-order valence-electron chi connectivity index (χ1n) is 9.54. The Labute approximate surface area is 169 Å². The molecule has 0 saturated carbocycles. The van der Waals surface area contributed by atoms with Crippen molar-refractivity contribution in [2.24, 2.45) is 0 Å². The van der Waals surface area contributed by atoms with Crippen LogP contribution in [0.3, 0.4) is 0 Å². The molecule has 0 aromatic heterocycles. The lowest BCUT2D eigenvalue weighted by atomic mass is 9.81. The highest BCUT2D eigenvalue weighted by atomic mass is 32.4. The number of hydrogen-bond acceptors (Lipinski definition) is 3. The standard InChI is InChI=1S/C23H31O2PS/c1-14-9-16-13-17-10-15(2)12-19(23(6,7)8)21(17)25-26(27)24-20(16)18(11-14)22(3,4)5/h9-12,26H,13H2,1-8H3. The van der Waals surface area contributed by atoms with Crippen LogP contribution in [0.15, 0.2) is 24.3 Å². The predicted molar refractivity (Wildman–Crippen MR) is 120 cm³/mol. The van der Waals surface area contributed by atoms with Crippen molar-refractivity contribution in [3.05, 3.63) is 57.6 Å². The number of fused-ring (bicyclic) bond motifs is 2. The summed E-state index contributed by atoms with van der Waals surface area (Å²) in [5.74, 6) is 1.86. The molecule has 0 amide bonds. The molecule has 3 rings (SSSR count). The molecule has 1 aliphatic heterocycles. The molecule has 2 aromatic carbocycles. The van der Waals surface area contributed by atoms with Crippen LogP contribution in [-0.2, 0) is 29.1 Å². The molecule has 0 atom stereocenters. The minimum atomic E-state index is -1.88. The highest BCUT2D eigenvalue weighted by Crippen LogP contribution is 2.47. The highest BCUT2D eigenvalue weighted by Gasteiger charge is 2.28. The Bertz CT molecular complexity index is 844. The first-order chi connectivity index (χ1) is 12.4. The van der Waals surface area contributed by atoms with Crippen molar-refractivity contribution in [2.75, 3.05) is 0 Å². The lowest BCUT2D eigenvalue weighted by Gasteiger charge is -2.31. The highest BCUT2D eigenvalue weighted by molar-refractivity contribution is 8.01. The molecule has 0 aliphatic carbocycles. The molecular weight excluding hydrogens is 371 g/mol. The van der Waals surface area contributed by atoms with E-state index in [9.17, 15) is 0 Å². The molecule has 0 saturated heterocycles. The number of aryl methyl sites for hydroxylation is 2. The first kappa shape index (κ1) is 20.4. The van der Waals surface area contributed by atoms with Gasteiger partial charge in [-0.2, -0.15) is 0 Å². The number of benzene rings is 2. The molecule has 0 bridgehead atoms. The van der Waals surface area contributed by atoms with E-state index in [1.807, 2.05) is 0 Å². The smallest absolute Gasteiger partial charge is 0.275 e. The summed E-state index contributed by atoms with van der Waals surface area (Å²) in [4.78, 5) is 0. The maximum Gasteiger partial charge on any atom is 0.275 e. The van der Waals surface area contributed by atoms with Gasteiger partial charge in [-0.1, -0.05) is 76.9 Å². The fourth-order valence-electron chi connectivity index (χ4n) is 3.71. The molecule has 0 fully saturated rings. The van der Waals surface area contributed by atoms with Crippen molar-refractivity contribution >= 4 is 19.0 Å². The van der Waals surface area contributed by atoms with Gasteiger partial charge in [-0.3, -0.25) is 0 Å². The Hall–Kier alpha value is -1.31. The van der Waals surface area contributed by atoms with Gasteiger partial charge < -0.3 is 9.05 Å². The molecule has 0 radical (unpaired) electrons. The SMILES string of the molecule is Cc1cc2c(c(C(C)(C)C)c1)O[PH](=S)Oc1c(cc(C)cc1C(C)(C)C)C2. The van der Waals surface area contributed by atoms with Gasteiger partial charge in [-0.25, -0.2) is 0 Å². The van der Waals surface area contributed by atoms with Gasteiger partial charge in [-0.05, 0) is 47.6 Å². The van der Waals surface area contributed by atoms with E-state index in [1.165, 1.54) is 33.4 Å². The number of rotatable bonds is 0. The van der Waals surface area contributed by atoms with Gasteiger partial charge in [0, 0.05) is 17.5 Å². The van der Waals surface area contributed by atoms with E-state index in [1.54, 1.807) is 0 Å². The minimum absolute atomic E-state index is 0.0151. The van der Waals surface area contributed by atoms with E-state index >= 15 is 0 Å². The van der Waals surface area contributed by atoms with Crippen LogP contribution in [0.2, 0.25) is 0 Å². The topological polar surface area (TPSA) is 18.5 Å². The Balaban J connectivity index is 2.27. The molecule has 0 unspecified atom stereocenters. The summed E-state index contributed by atoms with van der Waals surface area (Å²) < 4.78 is 12.6. The monoisotopic (exact) mass is 402 g/mol. The van der Waals surface area contributed by atoms with Crippen LogP contribution in [0.1, 0.15) is 74.9 Å². The summed E-state index contributed by atoms with van der Waals surface area (Å²) in [6.45, 7) is 17.6. The maximum atomic E-state index is 6.30. The third-order valence-electron chi connectivity index (χ3n) is 4.99. The zero-order valence-electron chi connectivity index (χ0n) is 17.7. The van der Waals surface area contributed by atoms with Gasteiger partial charge in [0.05, 0.1) is 0 Å². The molecule has 0 N–H and O–H groups in total. The lowest BCUT2D eigenvalue weighted by Crippen LogP contribution is -2.17. The number of hydrogen-bond donors (Lipinski definition) is 0. The van der Waals surface area contributed by atoms with Crippen LogP contribution < -0.4 is 9.05 Å². The molecule has 2 nitrogen and oxygen atoms in total. The average Bonchev–Trinajstić information content (AvgIpc) is 2.48. The average molecular weight is 403 g/mol. The van der Waals surface area contributed by atoms with Crippen LogP contribution in [0, 0.1) is 13.8 Å². The fourth-order valence-corrected chi connectivity index (χ4v) is 5.06. The Morgan fingerprint density at radius 3 is 1.44 bits per heavy atom. The second-order valence-electron chi connectivity index (χ2n) is 9.73. The van der Waals surface area contributed by atoms with Crippen molar-refractivity contribution in [1.29, 1.82) is 0 Å². The van der Waals surface area contributed by atoms with E-state index in [0.29, 0.717) is 0 Å². The van der Waals surface area contributed by atoms with Gasteiger partial charge in [0.1, 0.15) is 11.5 Å². The molecule has 2 aromatic rings. The largest absolute Gasteiger partial charge is 0.437 e. The van der Waals surface area contributed by atoms with E-state index in [2.05, 4.69) is 79.7 Å². The molecule has 1 heterocycles. The van der Waals surface area contributed by atoms with Crippen molar-refractivity contribution in [1.82, 2.24) is 0 Å². The normalized spacial score (nSPS) is 15.1. The zero-order valence-corrected chi connectivity index (χ0v) is 19.6. The Morgan fingerprint density at radius 1 is 0.741 bits per heavy atom. The van der Waals surface area contributed by atoms with Gasteiger partial charge in [0.25, 0.3) is 7.15 Å². The molecule has 146 valence electrons. The summed E-state index contributed by atoms with van der Waals surface area (Å²) in [6.07, 6.45) is 0.796. The van der Waals surface area contributed by atoms with Gasteiger partial charge in [0.2, 0.25) is 0 Å². The summed E-state index contributed by atoms with van der Waals surface area (Å²) in [7, 11) is -1.88. The molecule has 0 spiro atoms. The van der Waals surface area contributed by atoms with E-state index < -0.39 is 7.15 Å². The van der Waals surface area contributed by atoms with Crippen molar-refractivity contribution in [3.8, 4) is 11.5 Å². The fraction of sp³-hybridized carbons (Fsp3) is 0.478. The third kappa shape index (κ3) is 4.25. The van der Waals surface area contributed by atoms with Crippen LogP contribution in [0.25, 0.3) is 0 Å². The summed E-state index contributed by atoms with van der Waals surface area (Å²) in [6, 6.07) is 8.93. The molecule has 1 aliphatic rings. The Morgan fingerprint density at radius 2 is 1.11 bits per heavy atom. The first-order valence-corrected chi connectivity index (χ1v) is 12.0. The van der Waals surface area contributed by atoms with Crippen LogP contribution in [0.4, 0.5) is 0 Å². The molecule has 27 heavy (non-hydrogen) atoms. The second-order valence-corrected chi connectivity index (χ2v) is 11.6. The maximum absolute atomic E-state index is 6.30. The van der Waals surface area contributed by atoms with Crippen molar-refractivity contribution < 1.29 is 9.05 Å². The Kier molecular flexibility index (Phi) is 5.25. The molecular formula is C23H31O2PS. The third-order valence-corrected chi connectivity index (χ3v) is 6.23. The minimum Gasteiger partial charge on any atom is -0.437 e. The van der Waals surface area contributed by atoms with Crippen LogP contribution >= 0.6 is 7.15 Å². The quantitative estimate of drug-likeness (QED) is 0.453. The summed E-state index contributed by atoms with van der Waals surface area (Å²) in [5.41, 5.74) is 7.32. The van der Waals surface area contributed by atoms with E-state index in [0.717, 1.165) is 17.9 Å². The summed E-state index contributed by atoms with van der Waals surface area (Å²) >= 11 is 5.68.